The molecule has 7 nitrogen and oxygen atoms in total. The topological polar surface area (TPSA) is 78.4 Å². The Hall–Kier alpha value is -1.83. The van der Waals surface area contributed by atoms with Crippen molar-refractivity contribution in [3.63, 3.8) is 0 Å². The highest BCUT2D eigenvalue weighted by Gasteiger charge is 2.23. The maximum absolute atomic E-state index is 10.5. The van der Waals surface area contributed by atoms with Crippen LogP contribution < -0.4 is 15.4 Å². The van der Waals surface area contributed by atoms with Crippen LogP contribution in [0.1, 0.15) is 32.4 Å². The van der Waals surface area contributed by atoms with Gasteiger partial charge in [-0.25, -0.2) is 0 Å². The third kappa shape index (κ3) is 6.96. The summed E-state index contributed by atoms with van der Waals surface area (Å²) in [7, 11) is 1.63. The van der Waals surface area contributed by atoms with Gasteiger partial charge in [-0.3, -0.25) is 9.89 Å². The predicted molar refractivity (Wildman–Crippen MR) is 113 cm³/mol. The first-order valence-electron chi connectivity index (χ1n) is 10.2. The molecule has 158 valence electrons. The van der Waals surface area contributed by atoms with E-state index < -0.39 is 6.10 Å². The van der Waals surface area contributed by atoms with Crippen molar-refractivity contribution in [1.29, 1.82) is 0 Å². The lowest BCUT2D eigenvalue weighted by Crippen LogP contribution is -2.48. The molecule has 3 N–H and O–H groups in total. The zero-order valence-corrected chi connectivity index (χ0v) is 17.6. The highest BCUT2D eigenvalue weighted by atomic mass is 16.5. The van der Waals surface area contributed by atoms with E-state index in [0.29, 0.717) is 25.0 Å². The molecule has 0 spiro atoms. The number of morpholine rings is 1. The van der Waals surface area contributed by atoms with E-state index >= 15 is 0 Å². The van der Waals surface area contributed by atoms with Gasteiger partial charge in [0.1, 0.15) is 5.75 Å². The molecule has 0 saturated carbocycles. The highest BCUT2D eigenvalue weighted by Crippen LogP contribution is 2.17. The zero-order valence-electron chi connectivity index (χ0n) is 17.6. The fourth-order valence-corrected chi connectivity index (χ4v) is 3.32. The molecule has 1 saturated heterocycles. The van der Waals surface area contributed by atoms with Crippen LogP contribution in [-0.4, -0.2) is 75.1 Å². The van der Waals surface area contributed by atoms with E-state index in [-0.39, 0.29) is 0 Å². The molecule has 0 radical (unpaired) electrons. The van der Waals surface area contributed by atoms with Crippen molar-refractivity contribution in [2.24, 2.45) is 10.9 Å². The Bertz CT molecular complexity index is 586. The van der Waals surface area contributed by atoms with Crippen LogP contribution in [0.4, 0.5) is 0 Å². The minimum atomic E-state index is -0.616. The first kappa shape index (κ1) is 22.5. The van der Waals surface area contributed by atoms with E-state index in [1.54, 1.807) is 7.11 Å². The van der Waals surface area contributed by atoms with Crippen molar-refractivity contribution in [2.75, 3.05) is 53.0 Å². The first-order valence-corrected chi connectivity index (χ1v) is 10.2. The third-order valence-electron chi connectivity index (χ3n) is 5.03. The molecule has 0 aliphatic carbocycles. The summed E-state index contributed by atoms with van der Waals surface area (Å²) in [5.74, 6) is 2.02. The SMILES string of the molecule is CCNC(=NCC(C(C)C)N1CCOCC1)NCC(O)c1ccc(OC)cc1. The lowest BCUT2D eigenvalue weighted by Gasteiger charge is -2.36. The van der Waals surface area contributed by atoms with Crippen LogP contribution in [0.3, 0.4) is 0 Å². The molecule has 0 bridgehead atoms. The van der Waals surface area contributed by atoms with Crippen LogP contribution in [0, 0.1) is 5.92 Å². The van der Waals surface area contributed by atoms with E-state index in [0.717, 1.165) is 50.1 Å². The van der Waals surface area contributed by atoms with Gasteiger partial charge in [0.25, 0.3) is 0 Å². The lowest BCUT2D eigenvalue weighted by atomic mass is 10.0. The van der Waals surface area contributed by atoms with Crippen LogP contribution in [0.25, 0.3) is 0 Å². The van der Waals surface area contributed by atoms with E-state index in [2.05, 4.69) is 29.4 Å². The molecular weight excluding hydrogens is 356 g/mol. The Balaban J connectivity index is 1.94. The maximum Gasteiger partial charge on any atom is 0.191 e. The average molecular weight is 393 g/mol. The molecule has 0 amide bonds. The Kier molecular flexibility index (Phi) is 9.54. The van der Waals surface area contributed by atoms with Crippen LogP contribution in [0.15, 0.2) is 29.3 Å². The first-order chi connectivity index (χ1) is 13.5. The molecular formula is C21H36N4O3. The van der Waals surface area contributed by atoms with E-state index in [9.17, 15) is 5.11 Å². The summed E-state index contributed by atoms with van der Waals surface area (Å²) in [5.41, 5.74) is 0.845. The fraction of sp³-hybridized carbons (Fsp3) is 0.667. The molecule has 1 aliphatic heterocycles. The number of aliphatic imine (C=N–C) groups is 1. The minimum Gasteiger partial charge on any atom is -0.497 e. The predicted octanol–water partition coefficient (Wildman–Crippen LogP) is 1.64. The third-order valence-corrected chi connectivity index (χ3v) is 5.03. The number of nitrogens with zero attached hydrogens (tertiary/aromatic N) is 2. The van der Waals surface area contributed by atoms with Crippen molar-refractivity contribution in [1.82, 2.24) is 15.5 Å². The van der Waals surface area contributed by atoms with Crippen molar-refractivity contribution in [3.8, 4) is 5.75 Å². The van der Waals surface area contributed by atoms with Crippen molar-refractivity contribution in [2.45, 2.75) is 32.9 Å². The van der Waals surface area contributed by atoms with E-state index in [4.69, 9.17) is 14.5 Å². The van der Waals surface area contributed by atoms with Gasteiger partial charge >= 0.3 is 0 Å². The molecule has 2 unspecified atom stereocenters. The highest BCUT2D eigenvalue weighted by molar-refractivity contribution is 5.79. The van der Waals surface area contributed by atoms with Gasteiger partial charge in [0.05, 0.1) is 33.0 Å². The summed E-state index contributed by atoms with van der Waals surface area (Å²) in [6.07, 6.45) is -0.616. The number of benzene rings is 1. The van der Waals surface area contributed by atoms with E-state index in [1.807, 2.05) is 31.2 Å². The van der Waals surface area contributed by atoms with Crippen molar-refractivity contribution in [3.05, 3.63) is 29.8 Å². The second-order valence-corrected chi connectivity index (χ2v) is 7.35. The summed E-state index contributed by atoms with van der Waals surface area (Å²) in [6.45, 7) is 11.9. The fourth-order valence-electron chi connectivity index (χ4n) is 3.32. The summed E-state index contributed by atoms with van der Waals surface area (Å²) in [5, 5.41) is 17.0. The van der Waals surface area contributed by atoms with Gasteiger partial charge in [0.2, 0.25) is 0 Å². The number of hydrogen-bond acceptors (Lipinski definition) is 5. The number of ether oxygens (including phenoxy) is 2. The average Bonchev–Trinajstić information content (AvgIpc) is 2.72. The number of methoxy groups -OCH3 is 1. The lowest BCUT2D eigenvalue weighted by molar-refractivity contribution is 0.00867. The van der Waals surface area contributed by atoms with Crippen molar-refractivity contribution >= 4 is 5.96 Å². The molecule has 0 aromatic heterocycles. The quantitative estimate of drug-likeness (QED) is 0.438. The Morgan fingerprint density at radius 3 is 2.46 bits per heavy atom. The summed E-state index contributed by atoms with van der Waals surface area (Å²) < 4.78 is 10.6. The standard InChI is InChI=1S/C21H36N4O3/c1-5-22-21(23-14-19(16(2)3)25-10-12-28-13-11-25)24-15-20(26)17-6-8-18(27-4)9-7-17/h6-9,16,19-20,26H,5,10-15H2,1-4H3,(H2,22,23,24). The molecule has 1 aromatic rings. The minimum absolute atomic E-state index is 0.380. The second kappa shape index (κ2) is 11.9. The molecule has 28 heavy (non-hydrogen) atoms. The molecule has 1 fully saturated rings. The number of aliphatic hydroxyl groups is 1. The van der Waals surface area contributed by atoms with Gasteiger partial charge in [0.15, 0.2) is 5.96 Å². The Labute approximate surface area is 169 Å². The Morgan fingerprint density at radius 2 is 1.89 bits per heavy atom. The van der Waals surface area contributed by atoms with Crippen LogP contribution in [0.2, 0.25) is 0 Å². The van der Waals surface area contributed by atoms with Crippen LogP contribution in [-0.2, 0) is 4.74 Å². The molecule has 2 rings (SSSR count). The number of hydrogen-bond donors (Lipinski definition) is 3. The van der Waals surface area contributed by atoms with Gasteiger partial charge in [0, 0.05) is 32.2 Å². The molecule has 7 heteroatoms. The second-order valence-electron chi connectivity index (χ2n) is 7.35. The molecule has 1 aliphatic rings. The number of aliphatic hydroxyl groups excluding tert-OH is 1. The van der Waals surface area contributed by atoms with Crippen LogP contribution in [0.5, 0.6) is 5.75 Å². The summed E-state index contributed by atoms with van der Waals surface area (Å²) in [6, 6.07) is 7.84. The monoisotopic (exact) mass is 392 g/mol. The maximum atomic E-state index is 10.5. The smallest absolute Gasteiger partial charge is 0.191 e. The largest absolute Gasteiger partial charge is 0.497 e. The summed E-state index contributed by atoms with van der Waals surface area (Å²) in [4.78, 5) is 7.25. The zero-order chi connectivity index (χ0) is 20.4. The Morgan fingerprint density at radius 1 is 1.21 bits per heavy atom. The number of nitrogens with one attached hydrogen (secondary N) is 2. The van der Waals surface area contributed by atoms with Gasteiger partial charge in [-0.2, -0.15) is 0 Å². The molecule has 1 aromatic carbocycles. The van der Waals surface area contributed by atoms with Gasteiger partial charge in [-0.1, -0.05) is 26.0 Å². The number of guanidine groups is 1. The summed E-state index contributed by atoms with van der Waals surface area (Å²) >= 11 is 0. The normalized spacial score (nSPS) is 18.0. The van der Waals surface area contributed by atoms with E-state index in [1.165, 1.54) is 0 Å². The molecule has 2 atom stereocenters. The van der Waals surface area contributed by atoms with Gasteiger partial charge in [-0.15, -0.1) is 0 Å². The van der Waals surface area contributed by atoms with Crippen molar-refractivity contribution < 1.29 is 14.6 Å². The molecule has 1 heterocycles. The van der Waals surface area contributed by atoms with Gasteiger partial charge in [-0.05, 0) is 30.5 Å². The number of rotatable bonds is 9. The van der Waals surface area contributed by atoms with Crippen LogP contribution >= 0.6 is 0 Å². The van der Waals surface area contributed by atoms with Gasteiger partial charge < -0.3 is 25.2 Å².